The minimum absolute atomic E-state index is 0.0432. The normalized spacial score (nSPS) is 17.3. The van der Waals surface area contributed by atoms with Crippen molar-refractivity contribution in [3.63, 3.8) is 0 Å². The molecule has 2 atom stereocenters. The smallest absolute Gasteiger partial charge is 0.259 e. The van der Waals surface area contributed by atoms with E-state index in [-0.39, 0.29) is 45.6 Å². The zero-order valence-electron chi connectivity index (χ0n) is 21.1. The van der Waals surface area contributed by atoms with Crippen molar-refractivity contribution in [1.29, 1.82) is 0 Å². The number of nitrogens with one attached hydrogen (secondary N) is 2. The van der Waals surface area contributed by atoms with Crippen LogP contribution in [0.5, 0.6) is 0 Å². The van der Waals surface area contributed by atoms with Crippen molar-refractivity contribution < 1.29 is 18.5 Å². The fourth-order valence-electron chi connectivity index (χ4n) is 4.90. The molecule has 0 saturated heterocycles. The second kappa shape index (κ2) is 12.2. The number of halogens is 2. The van der Waals surface area contributed by atoms with E-state index in [9.17, 15) is 14.0 Å². The summed E-state index contributed by atoms with van der Waals surface area (Å²) in [5, 5.41) is 10.4. The summed E-state index contributed by atoms with van der Waals surface area (Å²) in [6.07, 6.45) is 3.43. The molecule has 1 saturated carbocycles. The van der Waals surface area contributed by atoms with Gasteiger partial charge in [0.1, 0.15) is 17.1 Å². The Morgan fingerprint density at radius 2 is 1.84 bits per heavy atom. The van der Waals surface area contributed by atoms with E-state index in [0.29, 0.717) is 31.1 Å². The topological polar surface area (TPSA) is 87.5 Å². The minimum Gasteiger partial charge on any atom is -0.352 e. The Balaban J connectivity index is 1.50. The van der Waals surface area contributed by atoms with Gasteiger partial charge in [-0.1, -0.05) is 47.4 Å². The van der Waals surface area contributed by atoms with Crippen LogP contribution in [-0.4, -0.2) is 42.6 Å². The Kier molecular flexibility index (Phi) is 8.82. The van der Waals surface area contributed by atoms with Crippen LogP contribution in [0.15, 0.2) is 53.1 Å². The predicted octanol–water partition coefficient (Wildman–Crippen LogP) is 5.70. The van der Waals surface area contributed by atoms with Gasteiger partial charge in [0.25, 0.3) is 11.8 Å². The Morgan fingerprint density at radius 3 is 2.54 bits per heavy atom. The zero-order valence-corrected chi connectivity index (χ0v) is 21.9. The Hall–Kier alpha value is -3.39. The summed E-state index contributed by atoms with van der Waals surface area (Å²) in [4.78, 5) is 27.9. The molecule has 37 heavy (non-hydrogen) atoms. The van der Waals surface area contributed by atoms with Gasteiger partial charge in [-0.15, -0.1) is 0 Å². The van der Waals surface area contributed by atoms with Gasteiger partial charge in [0.05, 0.1) is 10.6 Å². The summed E-state index contributed by atoms with van der Waals surface area (Å²) >= 11 is 6.31. The highest BCUT2D eigenvalue weighted by molar-refractivity contribution is 6.33. The third-order valence-corrected chi connectivity index (χ3v) is 7.17. The van der Waals surface area contributed by atoms with Gasteiger partial charge < -0.3 is 20.1 Å². The molecule has 9 heteroatoms. The number of carbonyl (C=O) groups excluding carboxylic acids is 2. The monoisotopic (exact) mass is 526 g/mol. The standard InChI is InChI=1S/C28H32ClFN4O3/c1-3-34(4-2)28-24(25(33-37-28)23-21(29)14-9-15-22(23)30)27(36)32-20-13-8-10-18(16-20)17-31-26(35)19-11-6-5-7-12-19/h5-7,9,11-12,14-15,18,20H,3-4,8,10,13,16-17H2,1-2H3,(H,31,35)(H,32,36). The number of nitrogens with zero attached hydrogens (tertiary/aromatic N) is 2. The van der Waals surface area contributed by atoms with Gasteiger partial charge in [-0.3, -0.25) is 9.59 Å². The average Bonchev–Trinajstić information content (AvgIpc) is 3.33. The van der Waals surface area contributed by atoms with Crippen LogP contribution in [0.2, 0.25) is 5.02 Å². The molecule has 2 aromatic carbocycles. The van der Waals surface area contributed by atoms with Crippen molar-refractivity contribution in [3.05, 3.63) is 70.5 Å². The van der Waals surface area contributed by atoms with Crippen molar-refractivity contribution in [2.45, 2.75) is 45.6 Å². The molecular formula is C28H32ClFN4O3. The molecule has 7 nitrogen and oxygen atoms in total. The molecule has 0 radical (unpaired) electrons. The van der Waals surface area contributed by atoms with Crippen LogP contribution in [0.4, 0.5) is 10.3 Å². The molecule has 1 aliphatic carbocycles. The van der Waals surface area contributed by atoms with E-state index >= 15 is 0 Å². The van der Waals surface area contributed by atoms with E-state index in [1.807, 2.05) is 36.9 Å². The maximum absolute atomic E-state index is 14.8. The summed E-state index contributed by atoms with van der Waals surface area (Å²) in [6, 6.07) is 13.4. The summed E-state index contributed by atoms with van der Waals surface area (Å²) in [7, 11) is 0. The summed E-state index contributed by atoms with van der Waals surface area (Å²) in [5.74, 6) is -0.535. The number of benzene rings is 2. The third-order valence-electron chi connectivity index (χ3n) is 6.86. The first-order valence-electron chi connectivity index (χ1n) is 12.8. The van der Waals surface area contributed by atoms with Crippen LogP contribution >= 0.6 is 11.6 Å². The first-order valence-corrected chi connectivity index (χ1v) is 13.1. The highest BCUT2D eigenvalue weighted by Gasteiger charge is 2.32. The largest absolute Gasteiger partial charge is 0.352 e. The van der Waals surface area contributed by atoms with Crippen molar-refractivity contribution in [2.24, 2.45) is 5.92 Å². The van der Waals surface area contributed by atoms with E-state index in [0.717, 1.165) is 25.7 Å². The molecule has 2 unspecified atom stereocenters. The number of rotatable bonds is 9. The Morgan fingerprint density at radius 1 is 1.08 bits per heavy atom. The van der Waals surface area contributed by atoms with Crippen LogP contribution in [-0.2, 0) is 0 Å². The van der Waals surface area contributed by atoms with E-state index in [4.69, 9.17) is 16.1 Å². The number of aromatic nitrogens is 1. The molecule has 196 valence electrons. The average molecular weight is 527 g/mol. The molecule has 1 aromatic heterocycles. The predicted molar refractivity (Wildman–Crippen MR) is 142 cm³/mol. The number of amides is 2. The molecule has 2 N–H and O–H groups in total. The molecule has 2 amide bonds. The summed E-state index contributed by atoms with van der Waals surface area (Å²) in [6.45, 7) is 5.60. The van der Waals surface area contributed by atoms with Crippen LogP contribution in [0.1, 0.15) is 60.2 Å². The number of anilines is 1. The summed E-state index contributed by atoms with van der Waals surface area (Å²) < 4.78 is 20.4. The molecule has 0 bridgehead atoms. The van der Waals surface area contributed by atoms with E-state index in [1.54, 1.807) is 18.2 Å². The van der Waals surface area contributed by atoms with Crippen LogP contribution in [0.3, 0.4) is 0 Å². The second-order valence-corrected chi connectivity index (χ2v) is 9.67. The molecule has 1 heterocycles. The van der Waals surface area contributed by atoms with Gasteiger partial charge in [-0.25, -0.2) is 4.39 Å². The van der Waals surface area contributed by atoms with E-state index < -0.39 is 5.82 Å². The zero-order chi connectivity index (χ0) is 26.4. The third kappa shape index (κ3) is 6.13. The molecule has 0 spiro atoms. The number of hydrogen-bond donors (Lipinski definition) is 2. The molecule has 1 fully saturated rings. The van der Waals surface area contributed by atoms with Gasteiger partial charge in [0.15, 0.2) is 0 Å². The highest BCUT2D eigenvalue weighted by Crippen LogP contribution is 2.37. The van der Waals surface area contributed by atoms with Crippen molar-refractivity contribution in [3.8, 4) is 11.3 Å². The lowest BCUT2D eigenvalue weighted by Crippen LogP contribution is -2.41. The van der Waals surface area contributed by atoms with Gasteiger partial charge in [0, 0.05) is 31.2 Å². The Bertz CT molecular complexity index is 1210. The fourth-order valence-corrected chi connectivity index (χ4v) is 5.15. The molecule has 4 rings (SSSR count). The lowest BCUT2D eigenvalue weighted by atomic mass is 9.85. The second-order valence-electron chi connectivity index (χ2n) is 9.26. The quantitative estimate of drug-likeness (QED) is 0.373. The van der Waals surface area contributed by atoms with Crippen molar-refractivity contribution >= 4 is 29.3 Å². The number of carbonyl (C=O) groups is 2. The van der Waals surface area contributed by atoms with Gasteiger partial charge in [-0.2, -0.15) is 0 Å². The molecule has 0 aliphatic heterocycles. The SMILES string of the molecule is CCN(CC)c1onc(-c2c(F)cccc2Cl)c1C(=O)NC1CCCC(CNC(=O)c2ccccc2)C1. The fraction of sp³-hybridized carbons (Fsp3) is 0.393. The van der Waals surface area contributed by atoms with Gasteiger partial charge in [-0.05, 0) is 63.3 Å². The molecule has 1 aliphatic rings. The maximum atomic E-state index is 14.8. The number of hydrogen-bond acceptors (Lipinski definition) is 5. The van der Waals surface area contributed by atoms with Crippen LogP contribution in [0, 0.1) is 11.7 Å². The van der Waals surface area contributed by atoms with Gasteiger partial charge >= 0.3 is 0 Å². The van der Waals surface area contributed by atoms with Gasteiger partial charge in [0.2, 0.25) is 5.88 Å². The maximum Gasteiger partial charge on any atom is 0.259 e. The lowest BCUT2D eigenvalue weighted by Gasteiger charge is -2.30. The lowest BCUT2D eigenvalue weighted by molar-refractivity contribution is 0.0902. The van der Waals surface area contributed by atoms with Crippen LogP contribution < -0.4 is 15.5 Å². The van der Waals surface area contributed by atoms with Crippen molar-refractivity contribution in [1.82, 2.24) is 15.8 Å². The summed E-state index contributed by atoms with van der Waals surface area (Å²) in [5.41, 5.74) is 0.931. The van der Waals surface area contributed by atoms with Crippen LogP contribution in [0.25, 0.3) is 11.3 Å². The first kappa shape index (κ1) is 26.7. The minimum atomic E-state index is -0.576. The van der Waals surface area contributed by atoms with E-state index in [1.165, 1.54) is 12.1 Å². The Labute approximate surface area is 221 Å². The molecular weight excluding hydrogens is 495 g/mol. The van der Waals surface area contributed by atoms with Crippen molar-refractivity contribution in [2.75, 3.05) is 24.5 Å². The molecule has 3 aromatic rings. The van der Waals surface area contributed by atoms with E-state index in [2.05, 4.69) is 15.8 Å². The first-order chi connectivity index (χ1) is 17.9. The highest BCUT2D eigenvalue weighted by atomic mass is 35.5.